The maximum absolute atomic E-state index is 12.4. The predicted molar refractivity (Wildman–Crippen MR) is 114 cm³/mol. The van der Waals surface area contributed by atoms with Crippen LogP contribution in [-0.4, -0.2) is 31.1 Å². The Morgan fingerprint density at radius 3 is 2.38 bits per heavy atom. The summed E-state index contributed by atoms with van der Waals surface area (Å²) in [5, 5.41) is 0. The second-order valence-corrected chi connectivity index (χ2v) is 7.45. The molecule has 2 heterocycles. The van der Waals surface area contributed by atoms with Crippen LogP contribution >= 0.6 is 0 Å². The van der Waals surface area contributed by atoms with Gasteiger partial charge in [-0.25, -0.2) is 0 Å². The van der Waals surface area contributed by atoms with Crippen LogP contribution in [0.5, 0.6) is 5.75 Å². The summed E-state index contributed by atoms with van der Waals surface area (Å²) in [7, 11) is 0. The summed E-state index contributed by atoms with van der Waals surface area (Å²) in [6.45, 7) is 6.83. The van der Waals surface area contributed by atoms with Crippen molar-refractivity contribution < 1.29 is 9.15 Å². The minimum atomic E-state index is -0.138. The SMILES string of the molecule is Cc1ccc(COc2coc(CN3CCN(c4ccccc4)CC3)cc2=O)cc1. The van der Waals surface area contributed by atoms with Gasteiger partial charge in [0.05, 0.1) is 6.54 Å². The fourth-order valence-electron chi connectivity index (χ4n) is 3.50. The maximum Gasteiger partial charge on any atom is 0.227 e. The zero-order chi connectivity index (χ0) is 20.1. The number of ether oxygens (including phenoxy) is 1. The highest BCUT2D eigenvalue weighted by molar-refractivity contribution is 5.46. The van der Waals surface area contributed by atoms with Crippen molar-refractivity contribution in [2.45, 2.75) is 20.1 Å². The molecule has 1 aliphatic rings. The fourth-order valence-corrected chi connectivity index (χ4v) is 3.50. The van der Waals surface area contributed by atoms with Crippen LogP contribution in [0.25, 0.3) is 0 Å². The van der Waals surface area contributed by atoms with Gasteiger partial charge < -0.3 is 14.1 Å². The van der Waals surface area contributed by atoms with E-state index in [1.54, 1.807) is 6.07 Å². The minimum absolute atomic E-state index is 0.138. The molecule has 0 spiro atoms. The van der Waals surface area contributed by atoms with Crippen molar-refractivity contribution >= 4 is 5.69 Å². The molecular formula is C24H26N2O3. The molecule has 1 aliphatic heterocycles. The number of hydrogen-bond donors (Lipinski definition) is 0. The molecule has 0 atom stereocenters. The largest absolute Gasteiger partial charge is 0.482 e. The molecule has 3 aromatic rings. The van der Waals surface area contributed by atoms with Crippen molar-refractivity contribution in [1.82, 2.24) is 4.90 Å². The van der Waals surface area contributed by atoms with Crippen molar-refractivity contribution in [1.29, 1.82) is 0 Å². The van der Waals surface area contributed by atoms with Crippen molar-refractivity contribution in [3.8, 4) is 5.75 Å². The number of hydrogen-bond acceptors (Lipinski definition) is 5. The average Bonchev–Trinajstić information content (AvgIpc) is 2.75. The lowest BCUT2D eigenvalue weighted by atomic mass is 10.2. The highest BCUT2D eigenvalue weighted by atomic mass is 16.5. The summed E-state index contributed by atoms with van der Waals surface area (Å²) in [5.74, 6) is 0.925. The van der Waals surface area contributed by atoms with E-state index in [4.69, 9.17) is 9.15 Å². The van der Waals surface area contributed by atoms with E-state index in [1.807, 2.05) is 37.3 Å². The first kappa shape index (κ1) is 19.3. The number of rotatable bonds is 6. The molecule has 0 unspecified atom stereocenters. The van der Waals surface area contributed by atoms with Gasteiger partial charge in [-0.15, -0.1) is 0 Å². The third kappa shape index (κ3) is 5.06. The lowest BCUT2D eigenvalue weighted by molar-refractivity contribution is 0.224. The Hall–Kier alpha value is -3.05. The van der Waals surface area contributed by atoms with E-state index in [9.17, 15) is 4.79 Å². The summed E-state index contributed by atoms with van der Waals surface area (Å²) >= 11 is 0. The van der Waals surface area contributed by atoms with Crippen LogP contribution < -0.4 is 15.1 Å². The number of para-hydroxylation sites is 1. The summed E-state index contributed by atoms with van der Waals surface area (Å²) < 4.78 is 11.3. The van der Waals surface area contributed by atoms with E-state index in [2.05, 4.69) is 34.1 Å². The topological polar surface area (TPSA) is 45.9 Å². The van der Waals surface area contributed by atoms with Crippen molar-refractivity contribution in [3.63, 3.8) is 0 Å². The minimum Gasteiger partial charge on any atom is -0.482 e. The Morgan fingerprint density at radius 1 is 0.966 bits per heavy atom. The Bertz CT molecular complexity index is 975. The van der Waals surface area contributed by atoms with Crippen molar-refractivity contribution in [2.24, 2.45) is 0 Å². The van der Waals surface area contributed by atoms with E-state index in [0.717, 1.165) is 31.7 Å². The second kappa shape index (κ2) is 8.97. The zero-order valence-corrected chi connectivity index (χ0v) is 16.7. The van der Waals surface area contributed by atoms with Gasteiger partial charge in [-0.05, 0) is 24.6 Å². The van der Waals surface area contributed by atoms with Crippen LogP contribution in [0.4, 0.5) is 5.69 Å². The first-order valence-corrected chi connectivity index (χ1v) is 10.00. The number of piperazine rings is 1. The van der Waals surface area contributed by atoms with Gasteiger partial charge >= 0.3 is 0 Å². The molecule has 5 nitrogen and oxygen atoms in total. The van der Waals surface area contributed by atoms with Crippen LogP contribution in [-0.2, 0) is 13.2 Å². The molecule has 1 fully saturated rings. The molecule has 0 N–H and O–H groups in total. The highest BCUT2D eigenvalue weighted by Crippen LogP contribution is 2.17. The molecule has 150 valence electrons. The Morgan fingerprint density at radius 2 is 1.69 bits per heavy atom. The lowest BCUT2D eigenvalue weighted by Crippen LogP contribution is -2.46. The number of nitrogens with zero attached hydrogens (tertiary/aromatic N) is 2. The first-order chi connectivity index (χ1) is 14.2. The molecule has 0 saturated carbocycles. The van der Waals surface area contributed by atoms with Gasteiger partial charge in [-0.2, -0.15) is 0 Å². The maximum atomic E-state index is 12.4. The van der Waals surface area contributed by atoms with E-state index >= 15 is 0 Å². The fraction of sp³-hybridized carbons (Fsp3) is 0.292. The number of anilines is 1. The summed E-state index contributed by atoms with van der Waals surface area (Å²) in [4.78, 5) is 17.1. The van der Waals surface area contributed by atoms with E-state index < -0.39 is 0 Å². The molecule has 4 rings (SSSR count). The molecular weight excluding hydrogens is 364 g/mol. The van der Waals surface area contributed by atoms with Crippen LogP contribution in [0, 0.1) is 6.92 Å². The van der Waals surface area contributed by atoms with Gasteiger partial charge in [0.2, 0.25) is 11.2 Å². The third-order valence-corrected chi connectivity index (χ3v) is 5.24. The van der Waals surface area contributed by atoms with Crippen molar-refractivity contribution in [3.05, 3.63) is 94.0 Å². The molecule has 2 aromatic carbocycles. The van der Waals surface area contributed by atoms with E-state index in [1.165, 1.54) is 17.5 Å². The van der Waals surface area contributed by atoms with Gasteiger partial charge in [-0.1, -0.05) is 48.0 Å². The first-order valence-electron chi connectivity index (χ1n) is 10.00. The van der Waals surface area contributed by atoms with Gasteiger partial charge in [0, 0.05) is 37.9 Å². The van der Waals surface area contributed by atoms with Crippen molar-refractivity contribution in [2.75, 3.05) is 31.1 Å². The number of benzene rings is 2. The number of aryl methyl sites for hydroxylation is 1. The van der Waals surface area contributed by atoms with Crippen LogP contribution in [0.1, 0.15) is 16.9 Å². The molecule has 1 saturated heterocycles. The Labute approximate surface area is 171 Å². The van der Waals surface area contributed by atoms with E-state index in [-0.39, 0.29) is 11.2 Å². The van der Waals surface area contributed by atoms with Crippen LogP contribution in [0.2, 0.25) is 0 Å². The Kier molecular flexibility index (Phi) is 5.96. The summed E-state index contributed by atoms with van der Waals surface area (Å²) in [6.07, 6.45) is 1.44. The normalized spacial score (nSPS) is 14.7. The molecule has 5 heteroatoms. The lowest BCUT2D eigenvalue weighted by Gasteiger charge is -2.35. The summed E-state index contributed by atoms with van der Waals surface area (Å²) in [5.41, 5.74) is 3.34. The smallest absolute Gasteiger partial charge is 0.227 e. The monoisotopic (exact) mass is 390 g/mol. The van der Waals surface area contributed by atoms with Crippen LogP contribution in [0.15, 0.2) is 76.1 Å². The van der Waals surface area contributed by atoms with E-state index in [0.29, 0.717) is 18.9 Å². The molecule has 0 bridgehead atoms. The van der Waals surface area contributed by atoms with Gasteiger partial charge in [0.15, 0.2) is 0 Å². The molecule has 0 radical (unpaired) electrons. The zero-order valence-electron chi connectivity index (χ0n) is 16.7. The van der Waals surface area contributed by atoms with Gasteiger partial charge in [0.1, 0.15) is 18.6 Å². The standard InChI is InChI=1S/C24H26N2O3/c1-19-7-9-20(10-8-19)17-29-24-18-28-22(15-23(24)27)16-25-11-13-26(14-12-25)21-5-3-2-4-6-21/h2-10,15,18H,11-14,16-17H2,1H3. The highest BCUT2D eigenvalue weighted by Gasteiger charge is 2.18. The predicted octanol–water partition coefficient (Wildman–Crippen LogP) is 3.85. The Balaban J connectivity index is 1.30. The van der Waals surface area contributed by atoms with Gasteiger partial charge in [-0.3, -0.25) is 9.69 Å². The average molecular weight is 390 g/mol. The second-order valence-electron chi connectivity index (χ2n) is 7.45. The molecule has 1 aromatic heterocycles. The molecule has 0 aliphatic carbocycles. The molecule has 0 amide bonds. The van der Waals surface area contributed by atoms with Gasteiger partial charge in [0.25, 0.3) is 0 Å². The van der Waals surface area contributed by atoms with Crippen LogP contribution in [0.3, 0.4) is 0 Å². The third-order valence-electron chi connectivity index (χ3n) is 5.24. The summed E-state index contributed by atoms with van der Waals surface area (Å²) in [6, 6.07) is 20.1. The molecule has 29 heavy (non-hydrogen) atoms. The quantitative estimate of drug-likeness (QED) is 0.640.